The average Bonchev–Trinajstić information content (AvgIpc) is 2.75. The van der Waals surface area contributed by atoms with Crippen LogP contribution in [-0.2, 0) is 4.79 Å². The van der Waals surface area contributed by atoms with Crippen molar-refractivity contribution in [2.45, 2.75) is 33.2 Å². The molecule has 3 N–H and O–H groups in total. The lowest BCUT2D eigenvalue weighted by molar-refractivity contribution is -0.114. The van der Waals surface area contributed by atoms with Crippen LogP contribution >= 0.6 is 11.3 Å². The van der Waals surface area contributed by atoms with Crippen molar-refractivity contribution in [3.63, 3.8) is 0 Å². The summed E-state index contributed by atoms with van der Waals surface area (Å²) in [6, 6.07) is -0.0941. The number of carbonyl (C=O) groups excluding carboxylic acids is 2. The number of amides is 2. The topological polar surface area (TPSA) is 91.3 Å². The van der Waals surface area contributed by atoms with Crippen molar-refractivity contribution < 1.29 is 14.7 Å². The number of hydrogen-bond donors (Lipinski definition) is 3. The fourth-order valence-electron chi connectivity index (χ4n) is 1.54. The van der Waals surface area contributed by atoms with Crippen LogP contribution in [0.3, 0.4) is 0 Å². The first-order valence-corrected chi connectivity index (χ1v) is 6.96. The average molecular weight is 285 g/mol. The summed E-state index contributed by atoms with van der Waals surface area (Å²) in [7, 11) is 0. The molecule has 1 atom stereocenters. The molecule has 0 aliphatic heterocycles. The van der Waals surface area contributed by atoms with Gasteiger partial charge >= 0.3 is 0 Å². The Hall–Kier alpha value is -1.47. The number of nitrogens with zero attached hydrogens (tertiary/aromatic N) is 1. The summed E-state index contributed by atoms with van der Waals surface area (Å²) in [5.41, 5.74) is 0.275. The Kier molecular flexibility index (Phi) is 5.91. The van der Waals surface area contributed by atoms with E-state index in [0.717, 1.165) is 0 Å². The van der Waals surface area contributed by atoms with E-state index >= 15 is 0 Å². The third-order valence-corrected chi connectivity index (χ3v) is 3.34. The zero-order valence-corrected chi connectivity index (χ0v) is 12.1. The first-order chi connectivity index (χ1) is 8.93. The van der Waals surface area contributed by atoms with Crippen molar-refractivity contribution in [1.29, 1.82) is 0 Å². The van der Waals surface area contributed by atoms with Crippen molar-refractivity contribution in [1.82, 2.24) is 10.3 Å². The standard InChI is InChI=1S/C12H19N3O3S/c1-7(2)9(4-5-16)14-11(18)10-6-19-12(15-10)13-8(3)17/h6-7,9,16H,4-5H2,1-3H3,(H,14,18)(H,13,15,17). The molecule has 0 spiro atoms. The molecular formula is C12H19N3O3S. The van der Waals surface area contributed by atoms with Gasteiger partial charge < -0.3 is 15.7 Å². The number of aliphatic hydroxyl groups is 1. The first kappa shape index (κ1) is 15.6. The molecule has 0 saturated heterocycles. The fourth-order valence-corrected chi connectivity index (χ4v) is 2.28. The molecule has 0 bridgehead atoms. The van der Waals surface area contributed by atoms with E-state index in [0.29, 0.717) is 11.6 Å². The van der Waals surface area contributed by atoms with Crippen LogP contribution in [0, 0.1) is 5.92 Å². The number of thiazole rings is 1. The molecule has 0 saturated carbocycles. The summed E-state index contributed by atoms with van der Waals surface area (Å²) < 4.78 is 0. The van der Waals surface area contributed by atoms with E-state index in [1.54, 1.807) is 5.38 Å². The van der Waals surface area contributed by atoms with Crippen LogP contribution in [-0.4, -0.2) is 34.6 Å². The Morgan fingerprint density at radius 3 is 2.68 bits per heavy atom. The molecule has 1 unspecified atom stereocenters. The highest BCUT2D eigenvalue weighted by Gasteiger charge is 2.18. The van der Waals surface area contributed by atoms with Crippen LogP contribution in [0.2, 0.25) is 0 Å². The Morgan fingerprint density at radius 2 is 2.16 bits per heavy atom. The van der Waals surface area contributed by atoms with Gasteiger partial charge in [0.2, 0.25) is 5.91 Å². The van der Waals surface area contributed by atoms with Gasteiger partial charge in [-0.3, -0.25) is 9.59 Å². The highest BCUT2D eigenvalue weighted by molar-refractivity contribution is 7.14. The molecule has 106 valence electrons. The maximum Gasteiger partial charge on any atom is 0.271 e. The quantitative estimate of drug-likeness (QED) is 0.733. The van der Waals surface area contributed by atoms with E-state index in [1.165, 1.54) is 18.3 Å². The highest BCUT2D eigenvalue weighted by atomic mass is 32.1. The molecule has 6 nitrogen and oxygen atoms in total. The van der Waals surface area contributed by atoms with Gasteiger partial charge in [-0.25, -0.2) is 4.98 Å². The summed E-state index contributed by atoms with van der Waals surface area (Å²) in [6.45, 7) is 5.36. The van der Waals surface area contributed by atoms with Gasteiger partial charge in [-0.2, -0.15) is 0 Å². The van der Waals surface area contributed by atoms with Gasteiger partial charge in [0, 0.05) is 25.0 Å². The van der Waals surface area contributed by atoms with Crippen LogP contribution in [0.15, 0.2) is 5.38 Å². The van der Waals surface area contributed by atoms with Gasteiger partial charge in [0.1, 0.15) is 5.69 Å². The molecular weight excluding hydrogens is 266 g/mol. The molecule has 1 aromatic rings. The van der Waals surface area contributed by atoms with Crippen LogP contribution in [0.25, 0.3) is 0 Å². The van der Waals surface area contributed by atoms with Gasteiger partial charge in [-0.05, 0) is 12.3 Å². The second-order valence-electron chi connectivity index (χ2n) is 4.56. The van der Waals surface area contributed by atoms with Crippen molar-refractivity contribution >= 4 is 28.3 Å². The molecule has 19 heavy (non-hydrogen) atoms. The molecule has 0 fully saturated rings. The van der Waals surface area contributed by atoms with Crippen LogP contribution in [0.4, 0.5) is 5.13 Å². The number of aliphatic hydroxyl groups excluding tert-OH is 1. The van der Waals surface area contributed by atoms with Crippen molar-refractivity contribution in [2.75, 3.05) is 11.9 Å². The van der Waals surface area contributed by atoms with Gasteiger partial charge in [0.05, 0.1) is 0 Å². The largest absolute Gasteiger partial charge is 0.396 e. The van der Waals surface area contributed by atoms with Crippen LogP contribution in [0.1, 0.15) is 37.7 Å². The van der Waals surface area contributed by atoms with Gasteiger partial charge in [-0.1, -0.05) is 13.8 Å². The molecule has 2 amide bonds. The van der Waals surface area contributed by atoms with E-state index < -0.39 is 0 Å². The van der Waals surface area contributed by atoms with Crippen LogP contribution in [0.5, 0.6) is 0 Å². The smallest absolute Gasteiger partial charge is 0.271 e. The minimum Gasteiger partial charge on any atom is -0.396 e. The summed E-state index contributed by atoms with van der Waals surface area (Å²) in [6.07, 6.45) is 0.506. The lowest BCUT2D eigenvalue weighted by atomic mass is 10.0. The van der Waals surface area contributed by atoms with Crippen LogP contribution < -0.4 is 10.6 Å². The number of aromatic nitrogens is 1. The third-order valence-electron chi connectivity index (χ3n) is 2.58. The SMILES string of the molecule is CC(=O)Nc1nc(C(=O)NC(CCO)C(C)C)cs1. The minimum absolute atomic E-state index is 0.0251. The van der Waals surface area contributed by atoms with Crippen molar-refractivity contribution in [2.24, 2.45) is 5.92 Å². The second-order valence-corrected chi connectivity index (χ2v) is 5.41. The molecule has 1 heterocycles. The van der Waals surface area contributed by atoms with Gasteiger partial charge in [-0.15, -0.1) is 11.3 Å². The fraction of sp³-hybridized carbons (Fsp3) is 0.583. The molecule has 1 rings (SSSR count). The predicted octanol–water partition coefficient (Wildman–Crippen LogP) is 1.24. The Labute approximate surface area is 116 Å². The molecule has 0 aromatic carbocycles. The normalized spacial score (nSPS) is 12.3. The van der Waals surface area contributed by atoms with Gasteiger partial charge in [0.25, 0.3) is 5.91 Å². The van der Waals surface area contributed by atoms with E-state index in [-0.39, 0.29) is 36.1 Å². The minimum atomic E-state index is -0.292. The van der Waals surface area contributed by atoms with E-state index in [4.69, 9.17) is 5.11 Å². The Bertz CT molecular complexity index is 445. The van der Waals surface area contributed by atoms with E-state index in [2.05, 4.69) is 15.6 Å². The maximum absolute atomic E-state index is 12.0. The number of rotatable bonds is 6. The number of anilines is 1. The van der Waals surface area contributed by atoms with E-state index in [9.17, 15) is 9.59 Å². The van der Waals surface area contributed by atoms with E-state index in [1.807, 2.05) is 13.8 Å². The monoisotopic (exact) mass is 285 g/mol. The van der Waals surface area contributed by atoms with Crippen molar-refractivity contribution in [3.8, 4) is 0 Å². The summed E-state index contributed by atoms with van der Waals surface area (Å²) in [4.78, 5) is 26.9. The summed E-state index contributed by atoms with van der Waals surface area (Å²) >= 11 is 1.20. The zero-order chi connectivity index (χ0) is 14.4. The molecule has 0 radical (unpaired) electrons. The molecule has 7 heteroatoms. The number of hydrogen-bond acceptors (Lipinski definition) is 5. The third kappa shape index (κ3) is 4.96. The highest BCUT2D eigenvalue weighted by Crippen LogP contribution is 2.16. The zero-order valence-electron chi connectivity index (χ0n) is 11.3. The molecule has 0 aliphatic carbocycles. The predicted molar refractivity (Wildman–Crippen MR) is 74.2 cm³/mol. The number of carbonyl (C=O) groups is 2. The summed E-state index contributed by atoms with van der Waals surface area (Å²) in [5.74, 6) is -0.286. The molecule has 0 aliphatic rings. The molecule has 1 aromatic heterocycles. The maximum atomic E-state index is 12.0. The Morgan fingerprint density at radius 1 is 1.47 bits per heavy atom. The number of nitrogens with one attached hydrogen (secondary N) is 2. The van der Waals surface area contributed by atoms with Crippen molar-refractivity contribution in [3.05, 3.63) is 11.1 Å². The lowest BCUT2D eigenvalue weighted by Crippen LogP contribution is -2.39. The van der Waals surface area contributed by atoms with Gasteiger partial charge in [0.15, 0.2) is 5.13 Å². The Balaban J connectivity index is 2.66. The second kappa shape index (κ2) is 7.20. The first-order valence-electron chi connectivity index (χ1n) is 6.09. The lowest BCUT2D eigenvalue weighted by Gasteiger charge is -2.20. The summed E-state index contributed by atoms with van der Waals surface area (Å²) in [5, 5.41) is 16.3.